The Balaban J connectivity index is 1.78. The number of ether oxygens (including phenoxy) is 2. The van der Waals surface area contributed by atoms with Gasteiger partial charge in [0.15, 0.2) is 11.5 Å². The lowest BCUT2D eigenvalue weighted by atomic mass is 10.1. The van der Waals surface area contributed by atoms with Gasteiger partial charge in [-0.3, -0.25) is 4.79 Å². The van der Waals surface area contributed by atoms with Crippen molar-refractivity contribution in [2.75, 3.05) is 20.5 Å². The van der Waals surface area contributed by atoms with Gasteiger partial charge in [0.05, 0.1) is 37.8 Å². The van der Waals surface area contributed by atoms with Gasteiger partial charge in [0.1, 0.15) is 0 Å². The first-order valence-corrected chi connectivity index (χ1v) is 11.8. The first kappa shape index (κ1) is 22.3. The molecule has 3 heterocycles. The Bertz CT molecular complexity index is 1460. The second kappa shape index (κ2) is 8.91. The van der Waals surface area contributed by atoms with Crippen molar-refractivity contribution in [3.8, 4) is 34.1 Å². The molecule has 0 saturated carbocycles. The minimum absolute atomic E-state index is 0.212. The molecule has 0 aliphatic heterocycles. The quantitative estimate of drug-likeness (QED) is 0.416. The lowest BCUT2D eigenvalue weighted by Gasteiger charge is -2.12. The third-order valence-corrected chi connectivity index (χ3v) is 5.84. The van der Waals surface area contributed by atoms with Crippen LogP contribution in [0, 0.1) is 0 Å². The van der Waals surface area contributed by atoms with Crippen LogP contribution in [0.5, 0.6) is 11.5 Å². The van der Waals surface area contributed by atoms with Gasteiger partial charge in [0.25, 0.3) is 5.56 Å². The van der Waals surface area contributed by atoms with E-state index in [0.29, 0.717) is 34.1 Å². The summed E-state index contributed by atoms with van der Waals surface area (Å²) in [7, 11) is -0.557. The average molecular weight is 467 g/mol. The highest BCUT2D eigenvalue weighted by atomic mass is 32.2. The van der Waals surface area contributed by atoms with Crippen LogP contribution in [0.25, 0.3) is 22.6 Å². The number of hydrogen-bond acceptors (Lipinski definition) is 7. The number of aromatic nitrogens is 4. The van der Waals surface area contributed by atoms with Crippen molar-refractivity contribution in [2.45, 2.75) is 11.7 Å². The predicted molar refractivity (Wildman–Crippen MR) is 123 cm³/mol. The van der Waals surface area contributed by atoms with Crippen LogP contribution in [0.1, 0.15) is 5.56 Å². The van der Waals surface area contributed by atoms with E-state index in [9.17, 15) is 13.2 Å². The van der Waals surface area contributed by atoms with Crippen LogP contribution >= 0.6 is 0 Å². The number of benzene rings is 1. The first-order valence-electron chi connectivity index (χ1n) is 9.93. The van der Waals surface area contributed by atoms with Crippen molar-refractivity contribution in [1.82, 2.24) is 19.5 Å². The number of hydrogen-bond donors (Lipinski definition) is 1. The molecule has 4 aromatic rings. The highest BCUT2D eigenvalue weighted by Gasteiger charge is 2.17. The summed E-state index contributed by atoms with van der Waals surface area (Å²) in [5.74, 6) is 1.15. The molecule has 0 spiro atoms. The summed E-state index contributed by atoms with van der Waals surface area (Å²) in [6.07, 6.45) is 4.43. The zero-order valence-electron chi connectivity index (χ0n) is 18.3. The Morgan fingerprint density at radius 3 is 2.39 bits per heavy atom. The van der Waals surface area contributed by atoms with Crippen LogP contribution in [0.2, 0.25) is 0 Å². The average Bonchev–Trinajstić information content (AvgIpc) is 3.34. The molecular formula is C23H22N4O5S. The second-order valence-electron chi connectivity index (χ2n) is 7.35. The summed E-state index contributed by atoms with van der Waals surface area (Å²) in [5.41, 5.74) is 2.67. The molecule has 10 heteroatoms. The predicted octanol–water partition coefficient (Wildman–Crippen LogP) is 2.77. The molecule has 170 valence electrons. The number of pyridine rings is 1. The summed E-state index contributed by atoms with van der Waals surface area (Å²) in [5, 5.41) is -0.290. The van der Waals surface area contributed by atoms with E-state index in [2.05, 4.69) is 15.0 Å². The summed E-state index contributed by atoms with van der Waals surface area (Å²) < 4.78 is 36.5. The van der Waals surface area contributed by atoms with Crippen molar-refractivity contribution >= 4 is 9.84 Å². The van der Waals surface area contributed by atoms with Gasteiger partial charge in [-0.1, -0.05) is 6.07 Å². The maximum absolute atomic E-state index is 12.5. The van der Waals surface area contributed by atoms with Gasteiger partial charge in [-0.15, -0.1) is 0 Å². The topological polar surface area (TPSA) is 116 Å². The van der Waals surface area contributed by atoms with E-state index in [-0.39, 0.29) is 17.3 Å². The van der Waals surface area contributed by atoms with E-state index in [4.69, 9.17) is 9.47 Å². The van der Waals surface area contributed by atoms with E-state index in [1.165, 1.54) is 10.6 Å². The molecule has 0 aliphatic rings. The summed E-state index contributed by atoms with van der Waals surface area (Å²) >= 11 is 0. The lowest BCUT2D eigenvalue weighted by Crippen LogP contribution is -2.19. The number of sulfone groups is 1. The fraction of sp³-hybridized carbons (Fsp3) is 0.174. The zero-order chi connectivity index (χ0) is 23.6. The van der Waals surface area contributed by atoms with Crippen LogP contribution in [-0.2, 0) is 16.4 Å². The van der Waals surface area contributed by atoms with Crippen molar-refractivity contribution in [2.24, 2.45) is 0 Å². The van der Waals surface area contributed by atoms with Crippen LogP contribution in [0.3, 0.4) is 0 Å². The Morgan fingerprint density at radius 1 is 0.970 bits per heavy atom. The minimum atomic E-state index is -3.66. The van der Waals surface area contributed by atoms with Gasteiger partial charge in [-0.25, -0.2) is 18.4 Å². The smallest absolute Gasteiger partial charge is 0.250 e. The number of rotatable bonds is 7. The monoisotopic (exact) mass is 466 g/mol. The second-order valence-corrected chi connectivity index (χ2v) is 9.26. The fourth-order valence-electron chi connectivity index (χ4n) is 3.35. The van der Waals surface area contributed by atoms with Crippen molar-refractivity contribution < 1.29 is 17.9 Å². The summed E-state index contributed by atoms with van der Waals surface area (Å²) in [6, 6.07) is 13.7. The van der Waals surface area contributed by atoms with E-state index in [1.54, 1.807) is 63.0 Å². The number of nitrogens with one attached hydrogen (secondary N) is 1. The molecule has 4 rings (SSSR count). The van der Waals surface area contributed by atoms with E-state index >= 15 is 0 Å². The standard InChI is InChI=1S/C23H22N4O5S/c1-31-20-8-6-15(11-21(20)32-2)13-27-14-16(7-9-22(27)28)18-12-19(17-5-4-10-24-17)26-23(25-18)33(3,29)30/h4-12,14,24H,13H2,1-3H3. The van der Waals surface area contributed by atoms with Crippen LogP contribution in [-0.4, -0.2) is 48.4 Å². The molecule has 1 N–H and O–H groups in total. The highest BCUT2D eigenvalue weighted by Crippen LogP contribution is 2.28. The van der Waals surface area contributed by atoms with E-state index < -0.39 is 9.84 Å². The Labute approximate surface area is 190 Å². The minimum Gasteiger partial charge on any atom is -0.493 e. The maximum atomic E-state index is 12.5. The SMILES string of the molecule is COc1ccc(Cn2cc(-c3cc(-c4ccc[nH]4)nc(S(C)(=O)=O)n3)ccc2=O)cc1OC. The number of nitrogens with zero attached hydrogens (tertiary/aromatic N) is 3. The third-order valence-electron chi connectivity index (χ3n) is 4.99. The Morgan fingerprint density at radius 2 is 1.73 bits per heavy atom. The van der Waals surface area contributed by atoms with Crippen LogP contribution < -0.4 is 15.0 Å². The van der Waals surface area contributed by atoms with Gasteiger partial charge < -0.3 is 19.0 Å². The molecule has 33 heavy (non-hydrogen) atoms. The molecular weight excluding hydrogens is 444 g/mol. The van der Waals surface area contributed by atoms with Gasteiger partial charge >= 0.3 is 0 Å². The Hall–Kier alpha value is -3.92. The summed E-state index contributed by atoms with van der Waals surface area (Å²) in [6.45, 7) is 0.278. The molecule has 3 aromatic heterocycles. The summed E-state index contributed by atoms with van der Waals surface area (Å²) in [4.78, 5) is 24.0. The van der Waals surface area contributed by atoms with Crippen molar-refractivity contribution in [3.05, 3.63) is 76.8 Å². The van der Waals surface area contributed by atoms with Crippen molar-refractivity contribution in [3.63, 3.8) is 0 Å². The highest BCUT2D eigenvalue weighted by molar-refractivity contribution is 7.90. The van der Waals surface area contributed by atoms with Gasteiger partial charge in [-0.2, -0.15) is 0 Å². The maximum Gasteiger partial charge on any atom is 0.250 e. The zero-order valence-corrected chi connectivity index (χ0v) is 19.1. The van der Waals surface area contributed by atoms with Crippen LogP contribution in [0.15, 0.2) is 70.9 Å². The Kier molecular flexibility index (Phi) is 6.01. The van der Waals surface area contributed by atoms with Gasteiger partial charge in [0, 0.05) is 30.3 Å². The van der Waals surface area contributed by atoms with E-state index in [0.717, 1.165) is 11.8 Å². The molecule has 9 nitrogen and oxygen atoms in total. The number of H-pyrrole nitrogens is 1. The first-order chi connectivity index (χ1) is 15.8. The molecule has 0 amide bonds. The van der Waals surface area contributed by atoms with Gasteiger partial charge in [0.2, 0.25) is 15.0 Å². The largest absolute Gasteiger partial charge is 0.493 e. The molecule has 0 atom stereocenters. The van der Waals surface area contributed by atoms with E-state index in [1.807, 2.05) is 6.07 Å². The normalized spacial score (nSPS) is 11.4. The number of methoxy groups -OCH3 is 2. The molecule has 0 radical (unpaired) electrons. The molecule has 0 aliphatic carbocycles. The third kappa shape index (κ3) is 4.80. The van der Waals surface area contributed by atoms with Crippen LogP contribution in [0.4, 0.5) is 0 Å². The molecule has 1 aromatic carbocycles. The molecule has 0 bridgehead atoms. The molecule has 0 unspecified atom stereocenters. The molecule has 0 fully saturated rings. The number of aromatic amines is 1. The van der Waals surface area contributed by atoms with Gasteiger partial charge in [-0.05, 0) is 42.0 Å². The lowest BCUT2D eigenvalue weighted by molar-refractivity contribution is 0.354. The fourth-order valence-corrected chi connectivity index (χ4v) is 3.88. The van der Waals surface area contributed by atoms with Crippen molar-refractivity contribution in [1.29, 1.82) is 0 Å². The molecule has 0 saturated heterocycles.